The molecule has 132 valence electrons. The van der Waals surface area contributed by atoms with Crippen LogP contribution in [0.4, 0.5) is 5.69 Å². The molecule has 1 fully saturated rings. The lowest BCUT2D eigenvalue weighted by molar-refractivity contribution is -0.131. The van der Waals surface area contributed by atoms with Gasteiger partial charge in [0.15, 0.2) is 0 Å². The van der Waals surface area contributed by atoms with Gasteiger partial charge in [0.25, 0.3) is 0 Å². The van der Waals surface area contributed by atoms with Crippen molar-refractivity contribution in [1.82, 2.24) is 4.90 Å². The second-order valence-electron chi connectivity index (χ2n) is 6.12. The highest BCUT2D eigenvalue weighted by atomic mass is 16.5. The molecule has 0 spiro atoms. The number of rotatable bonds is 6. The zero-order valence-electron chi connectivity index (χ0n) is 14.8. The average Bonchev–Trinajstić information content (AvgIpc) is 2.85. The van der Waals surface area contributed by atoms with E-state index in [1.807, 2.05) is 36.1 Å². The van der Waals surface area contributed by atoms with E-state index in [9.17, 15) is 9.59 Å². The molecule has 0 saturated carbocycles. The van der Waals surface area contributed by atoms with Crippen LogP contribution in [0.1, 0.15) is 46.0 Å². The first-order chi connectivity index (χ1) is 11.6. The van der Waals surface area contributed by atoms with E-state index in [0.29, 0.717) is 25.3 Å². The average molecular weight is 332 g/mol. The predicted molar refractivity (Wildman–Crippen MR) is 95.3 cm³/mol. The fraction of sp³-hybridized carbons (Fsp3) is 0.579. The molecule has 0 radical (unpaired) electrons. The molecule has 0 unspecified atom stereocenters. The van der Waals surface area contributed by atoms with Crippen LogP contribution in [0, 0.1) is 0 Å². The van der Waals surface area contributed by atoms with Crippen LogP contribution in [-0.4, -0.2) is 43.0 Å². The smallest absolute Gasteiger partial charge is 0.224 e. The molecule has 1 aromatic carbocycles. The Morgan fingerprint density at radius 2 is 1.79 bits per heavy atom. The fourth-order valence-corrected chi connectivity index (χ4v) is 3.09. The van der Waals surface area contributed by atoms with E-state index in [2.05, 4.69) is 0 Å². The van der Waals surface area contributed by atoms with Crippen LogP contribution in [0.2, 0.25) is 0 Å². The third kappa shape index (κ3) is 4.98. The maximum Gasteiger partial charge on any atom is 0.224 e. The molecule has 2 rings (SSSR count). The van der Waals surface area contributed by atoms with E-state index in [1.54, 1.807) is 4.90 Å². The number of hydrogen-bond donors (Lipinski definition) is 0. The summed E-state index contributed by atoms with van der Waals surface area (Å²) >= 11 is 0. The molecule has 1 aromatic rings. The van der Waals surface area contributed by atoms with Gasteiger partial charge in [-0.15, -0.1) is 0 Å². The summed E-state index contributed by atoms with van der Waals surface area (Å²) in [6.45, 7) is 6.05. The zero-order valence-corrected chi connectivity index (χ0v) is 14.8. The Balaban J connectivity index is 2.03. The van der Waals surface area contributed by atoms with Crippen LogP contribution in [0.5, 0.6) is 5.75 Å². The largest absolute Gasteiger partial charge is 0.492 e. The summed E-state index contributed by atoms with van der Waals surface area (Å²) in [6, 6.07) is 7.48. The highest BCUT2D eigenvalue weighted by Gasteiger charge is 2.20. The lowest BCUT2D eigenvalue weighted by atomic mass is 10.2. The number of ether oxygens (including phenoxy) is 1. The monoisotopic (exact) mass is 332 g/mol. The van der Waals surface area contributed by atoms with Gasteiger partial charge in [0.2, 0.25) is 11.8 Å². The van der Waals surface area contributed by atoms with Crippen molar-refractivity contribution in [3.05, 3.63) is 24.3 Å². The fourth-order valence-electron chi connectivity index (χ4n) is 3.09. The summed E-state index contributed by atoms with van der Waals surface area (Å²) in [5.74, 6) is 0.736. The van der Waals surface area contributed by atoms with Crippen LogP contribution in [-0.2, 0) is 9.59 Å². The number of para-hydroxylation sites is 2. The van der Waals surface area contributed by atoms with Crippen LogP contribution in [0.3, 0.4) is 0 Å². The topological polar surface area (TPSA) is 49.9 Å². The van der Waals surface area contributed by atoms with E-state index in [0.717, 1.165) is 31.6 Å². The highest BCUT2D eigenvalue weighted by Crippen LogP contribution is 2.28. The molecule has 1 aliphatic rings. The molecule has 0 atom stereocenters. The van der Waals surface area contributed by atoms with E-state index in [-0.39, 0.29) is 11.8 Å². The molecular weight excluding hydrogens is 304 g/mol. The third-order valence-electron chi connectivity index (χ3n) is 4.34. The molecule has 0 bridgehead atoms. The lowest BCUT2D eigenvalue weighted by Crippen LogP contribution is -2.37. The van der Waals surface area contributed by atoms with Crippen molar-refractivity contribution in [3.63, 3.8) is 0 Å². The standard InChI is InChI=1S/C19H28N2O3/c1-3-24-18-11-7-6-10-17(18)21(16(2)22)15-12-19(23)20-13-8-4-5-9-14-20/h6-7,10-11H,3-5,8-9,12-15H2,1-2H3. The van der Waals surface area contributed by atoms with Gasteiger partial charge in [0.1, 0.15) is 5.75 Å². The summed E-state index contributed by atoms with van der Waals surface area (Å²) in [5, 5.41) is 0. The SMILES string of the molecule is CCOc1ccccc1N(CCC(=O)N1CCCCCC1)C(C)=O. The van der Waals surface area contributed by atoms with Gasteiger partial charge in [0.05, 0.1) is 12.3 Å². The molecule has 5 nitrogen and oxygen atoms in total. The van der Waals surface area contributed by atoms with Gasteiger partial charge in [-0.2, -0.15) is 0 Å². The summed E-state index contributed by atoms with van der Waals surface area (Å²) in [7, 11) is 0. The maximum atomic E-state index is 12.5. The van der Waals surface area contributed by atoms with E-state index in [4.69, 9.17) is 4.74 Å². The van der Waals surface area contributed by atoms with Gasteiger partial charge in [-0.1, -0.05) is 25.0 Å². The van der Waals surface area contributed by atoms with E-state index < -0.39 is 0 Å². The minimum atomic E-state index is -0.0779. The van der Waals surface area contributed by atoms with Gasteiger partial charge < -0.3 is 14.5 Å². The van der Waals surface area contributed by atoms with Crippen molar-refractivity contribution < 1.29 is 14.3 Å². The number of nitrogens with zero attached hydrogens (tertiary/aromatic N) is 2. The van der Waals surface area contributed by atoms with Crippen LogP contribution >= 0.6 is 0 Å². The molecular formula is C19H28N2O3. The Labute approximate surface area is 144 Å². The van der Waals surface area contributed by atoms with Crippen molar-refractivity contribution in [2.75, 3.05) is 31.1 Å². The highest BCUT2D eigenvalue weighted by molar-refractivity contribution is 5.93. The number of amides is 2. The first kappa shape index (κ1) is 18.3. The van der Waals surface area contributed by atoms with Crippen molar-refractivity contribution in [3.8, 4) is 5.75 Å². The Kier molecular flexibility index (Phi) is 7.09. The summed E-state index contributed by atoms with van der Waals surface area (Å²) in [5.41, 5.74) is 0.732. The molecule has 1 heterocycles. The molecule has 24 heavy (non-hydrogen) atoms. The van der Waals surface area contributed by atoms with Gasteiger partial charge in [-0.05, 0) is 31.9 Å². The second kappa shape index (κ2) is 9.30. The molecule has 0 aliphatic carbocycles. The zero-order chi connectivity index (χ0) is 17.4. The molecule has 2 amide bonds. The summed E-state index contributed by atoms with van der Waals surface area (Å²) in [6.07, 6.45) is 4.90. The second-order valence-corrected chi connectivity index (χ2v) is 6.12. The van der Waals surface area contributed by atoms with Crippen molar-refractivity contribution in [2.45, 2.75) is 46.0 Å². The number of likely N-dealkylation sites (tertiary alicyclic amines) is 1. The van der Waals surface area contributed by atoms with Crippen LogP contribution in [0.25, 0.3) is 0 Å². The first-order valence-electron chi connectivity index (χ1n) is 8.91. The van der Waals surface area contributed by atoms with Crippen LogP contribution in [0.15, 0.2) is 24.3 Å². The van der Waals surface area contributed by atoms with Crippen LogP contribution < -0.4 is 9.64 Å². The number of carbonyl (C=O) groups is 2. The van der Waals surface area contributed by atoms with Gasteiger partial charge >= 0.3 is 0 Å². The van der Waals surface area contributed by atoms with Gasteiger partial charge in [-0.25, -0.2) is 0 Å². The minimum Gasteiger partial charge on any atom is -0.492 e. The summed E-state index contributed by atoms with van der Waals surface area (Å²) < 4.78 is 5.62. The normalized spacial score (nSPS) is 14.8. The minimum absolute atomic E-state index is 0.0779. The Hall–Kier alpha value is -2.04. The van der Waals surface area contributed by atoms with E-state index in [1.165, 1.54) is 19.8 Å². The number of carbonyl (C=O) groups excluding carboxylic acids is 2. The van der Waals surface area contributed by atoms with Crippen molar-refractivity contribution in [2.24, 2.45) is 0 Å². The van der Waals surface area contributed by atoms with Gasteiger partial charge in [-0.3, -0.25) is 9.59 Å². The summed E-state index contributed by atoms with van der Waals surface area (Å²) in [4.78, 5) is 28.2. The predicted octanol–water partition coefficient (Wildman–Crippen LogP) is 3.23. The maximum absolute atomic E-state index is 12.5. The Morgan fingerprint density at radius 1 is 1.12 bits per heavy atom. The number of benzene rings is 1. The molecule has 1 saturated heterocycles. The van der Waals surface area contributed by atoms with Crippen molar-refractivity contribution >= 4 is 17.5 Å². The quantitative estimate of drug-likeness (QED) is 0.803. The molecule has 0 N–H and O–H groups in total. The number of hydrogen-bond acceptors (Lipinski definition) is 3. The van der Waals surface area contributed by atoms with E-state index >= 15 is 0 Å². The molecule has 1 aliphatic heterocycles. The molecule has 0 aromatic heterocycles. The van der Waals surface area contributed by atoms with Gasteiger partial charge in [0, 0.05) is 33.0 Å². The van der Waals surface area contributed by atoms with Crippen molar-refractivity contribution in [1.29, 1.82) is 0 Å². The lowest BCUT2D eigenvalue weighted by Gasteiger charge is -2.25. The Bertz CT molecular complexity index is 551. The third-order valence-corrected chi connectivity index (χ3v) is 4.34. The molecule has 5 heteroatoms. The number of anilines is 1. The Morgan fingerprint density at radius 3 is 2.42 bits per heavy atom. The first-order valence-corrected chi connectivity index (χ1v) is 8.91.